The standard InChI is InChI=1S/C47H29N3S/c1-3-11-30(12-4-1)32-19-24-35(25-20-32)45-48-46(36-26-21-33(22-27-36)31-13-5-2-6-14-31)50-47(49-45)40-29-37-28-23-34-15-7-8-16-38(34)42(37)44-43(40)39-17-9-10-18-41(39)51-44/h1-29H. The maximum atomic E-state index is 5.26. The molecule has 0 radical (unpaired) electrons. The summed E-state index contributed by atoms with van der Waals surface area (Å²) in [5, 5.41) is 7.33. The van der Waals surface area contributed by atoms with E-state index in [1.165, 1.54) is 52.8 Å². The molecule has 3 nitrogen and oxygen atoms in total. The number of thiophene rings is 1. The Morgan fingerprint density at radius 1 is 0.333 bits per heavy atom. The van der Waals surface area contributed by atoms with Crippen molar-refractivity contribution in [3.05, 3.63) is 176 Å². The van der Waals surface area contributed by atoms with Crippen molar-refractivity contribution in [3.8, 4) is 56.4 Å². The first-order valence-corrected chi connectivity index (χ1v) is 17.9. The minimum atomic E-state index is 0.646. The van der Waals surface area contributed by atoms with Gasteiger partial charge in [-0.15, -0.1) is 11.3 Å². The van der Waals surface area contributed by atoms with Gasteiger partial charge in [0, 0.05) is 42.2 Å². The first kappa shape index (κ1) is 29.4. The Morgan fingerprint density at radius 2 is 0.804 bits per heavy atom. The van der Waals surface area contributed by atoms with Crippen molar-refractivity contribution in [3.63, 3.8) is 0 Å². The molecule has 0 fully saturated rings. The van der Waals surface area contributed by atoms with Gasteiger partial charge < -0.3 is 0 Å². The second-order valence-electron chi connectivity index (χ2n) is 12.8. The summed E-state index contributed by atoms with van der Waals surface area (Å²) in [5.41, 5.74) is 7.55. The van der Waals surface area contributed by atoms with Crippen LogP contribution < -0.4 is 0 Å². The molecule has 0 N–H and O–H groups in total. The lowest BCUT2D eigenvalue weighted by molar-refractivity contribution is 1.08. The highest BCUT2D eigenvalue weighted by atomic mass is 32.1. The summed E-state index contributed by atoms with van der Waals surface area (Å²) in [4.78, 5) is 15.6. The molecule has 4 heteroatoms. The molecule has 238 valence electrons. The Hall–Kier alpha value is -6.49. The fourth-order valence-corrected chi connectivity index (χ4v) is 8.49. The van der Waals surface area contributed by atoms with Gasteiger partial charge in [0.15, 0.2) is 17.5 Å². The molecular weight excluding hydrogens is 639 g/mol. The zero-order chi connectivity index (χ0) is 33.7. The van der Waals surface area contributed by atoms with Crippen LogP contribution in [0.1, 0.15) is 0 Å². The van der Waals surface area contributed by atoms with Crippen LogP contribution in [0.2, 0.25) is 0 Å². The molecule has 0 saturated heterocycles. The lowest BCUT2D eigenvalue weighted by atomic mass is 9.96. The minimum Gasteiger partial charge on any atom is -0.208 e. The maximum absolute atomic E-state index is 5.26. The molecule has 8 aromatic carbocycles. The fourth-order valence-electron chi connectivity index (χ4n) is 7.19. The highest BCUT2D eigenvalue weighted by Gasteiger charge is 2.20. The molecule has 0 amide bonds. The van der Waals surface area contributed by atoms with Crippen LogP contribution in [0.5, 0.6) is 0 Å². The monoisotopic (exact) mass is 667 g/mol. The number of nitrogens with zero attached hydrogens (tertiary/aromatic N) is 3. The maximum Gasteiger partial charge on any atom is 0.164 e. The summed E-state index contributed by atoms with van der Waals surface area (Å²) in [6, 6.07) is 62.0. The Balaban J connectivity index is 1.21. The molecule has 0 aliphatic heterocycles. The molecule has 2 heterocycles. The zero-order valence-electron chi connectivity index (χ0n) is 27.5. The van der Waals surface area contributed by atoms with Crippen molar-refractivity contribution in [2.24, 2.45) is 0 Å². The van der Waals surface area contributed by atoms with Crippen LogP contribution in [0.15, 0.2) is 176 Å². The van der Waals surface area contributed by atoms with Crippen molar-refractivity contribution in [2.45, 2.75) is 0 Å². The van der Waals surface area contributed by atoms with E-state index in [4.69, 9.17) is 15.0 Å². The average molecular weight is 668 g/mol. The lowest BCUT2D eigenvalue weighted by Gasteiger charge is -2.13. The second kappa shape index (κ2) is 12.1. The van der Waals surface area contributed by atoms with Gasteiger partial charge in [0.05, 0.1) is 0 Å². The van der Waals surface area contributed by atoms with Crippen molar-refractivity contribution in [1.29, 1.82) is 0 Å². The van der Waals surface area contributed by atoms with Crippen molar-refractivity contribution in [1.82, 2.24) is 15.0 Å². The predicted octanol–water partition coefficient (Wildman–Crippen LogP) is 12.9. The van der Waals surface area contributed by atoms with E-state index in [1.807, 2.05) is 23.5 Å². The third kappa shape index (κ3) is 5.16. The lowest BCUT2D eigenvalue weighted by Crippen LogP contribution is -2.00. The normalized spacial score (nSPS) is 11.5. The van der Waals surface area contributed by atoms with E-state index in [2.05, 4.69) is 164 Å². The average Bonchev–Trinajstić information content (AvgIpc) is 3.61. The highest BCUT2D eigenvalue weighted by molar-refractivity contribution is 7.27. The van der Waals surface area contributed by atoms with E-state index in [0.29, 0.717) is 17.5 Å². The summed E-state index contributed by atoms with van der Waals surface area (Å²) in [6.45, 7) is 0. The first-order valence-electron chi connectivity index (χ1n) is 17.1. The summed E-state index contributed by atoms with van der Waals surface area (Å²) in [5.74, 6) is 1.96. The third-order valence-electron chi connectivity index (χ3n) is 9.73. The SMILES string of the molecule is c1ccc(-c2ccc(-c3nc(-c4ccc(-c5ccccc5)cc4)nc(-c4cc5ccc6ccccc6c5c5sc6ccccc6c45)n3)cc2)cc1. The quantitative estimate of drug-likeness (QED) is 0.171. The van der Waals surface area contributed by atoms with E-state index in [1.54, 1.807) is 0 Å². The molecule has 0 aliphatic carbocycles. The van der Waals surface area contributed by atoms with Crippen LogP contribution in [-0.2, 0) is 0 Å². The first-order chi connectivity index (χ1) is 25.3. The van der Waals surface area contributed by atoms with Crippen molar-refractivity contribution < 1.29 is 0 Å². The van der Waals surface area contributed by atoms with Gasteiger partial charge in [0.2, 0.25) is 0 Å². The van der Waals surface area contributed by atoms with Crippen LogP contribution in [0, 0.1) is 0 Å². The van der Waals surface area contributed by atoms with Gasteiger partial charge in [0.25, 0.3) is 0 Å². The van der Waals surface area contributed by atoms with Crippen LogP contribution in [0.4, 0.5) is 0 Å². The number of hydrogen-bond acceptors (Lipinski definition) is 4. The minimum absolute atomic E-state index is 0.646. The largest absolute Gasteiger partial charge is 0.208 e. The molecule has 0 aliphatic rings. The number of rotatable bonds is 5. The van der Waals surface area contributed by atoms with Gasteiger partial charge in [-0.1, -0.05) is 164 Å². The molecule has 2 aromatic heterocycles. The number of aromatic nitrogens is 3. The van der Waals surface area contributed by atoms with E-state index >= 15 is 0 Å². The summed E-state index contributed by atoms with van der Waals surface area (Å²) in [7, 11) is 0. The van der Waals surface area contributed by atoms with Crippen LogP contribution in [0.25, 0.3) is 98.1 Å². The number of hydrogen-bond donors (Lipinski definition) is 0. The Kier molecular flexibility index (Phi) is 7.00. The van der Waals surface area contributed by atoms with Gasteiger partial charge in [-0.3, -0.25) is 0 Å². The smallest absolute Gasteiger partial charge is 0.164 e. The Labute approximate surface area is 299 Å². The van der Waals surface area contributed by atoms with E-state index < -0.39 is 0 Å². The molecule has 0 atom stereocenters. The number of benzene rings is 8. The van der Waals surface area contributed by atoms with Crippen LogP contribution >= 0.6 is 11.3 Å². The van der Waals surface area contributed by atoms with E-state index in [0.717, 1.165) is 27.8 Å². The molecule has 0 spiro atoms. The second-order valence-corrected chi connectivity index (χ2v) is 13.9. The zero-order valence-corrected chi connectivity index (χ0v) is 28.3. The highest BCUT2D eigenvalue weighted by Crippen LogP contribution is 2.45. The van der Waals surface area contributed by atoms with Gasteiger partial charge >= 0.3 is 0 Å². The van der Waals surface area contributed by atoms with Gasteiger partial charge in [-0.2, -0.15) is 0 Å². The third-order valence-corrected chi connectivity index (χ3v) is 10.9. The van der Waals surface area contributed by atoms with Crippen LogP contribution in [-0.4, -0.2) is 15.0 Å². The molecular formula is C47H29N3S. The summed E-state index contributed by atoms with van der Waals surface area (Å²) >= 11 is 1.84. The van der Waals surface area contributed by atoms with Gasteiger partial charge in [-0.05, 0) is 50.5 Å². The molecule has 0 unspecified atom stereocenters. The van der Waals surface area contributed by atoms with Crippen molar-refractivity contribution >= 4 is 53.1 Å². The predicted molar refractivity (Wildman–Crippen MR) is 215 cm³/mol. The Bertz CT molecular complexity index is 2780. The number of fused-ring (bicyclic) bond motifs is 7. The molecule has 0 saturated carbocycles. The Morgan fingerprint density at radius 3 is 1.43 bits per heavy atom. The molecule has 51 heavy (non-hydrogen) atoms. The molecule has 0 bridgehead atoms. The van der Waals surface area contributed by atoms with E-state index in [-0.39, 0.29) is 0 Å². The van der Waals surface area contributed by atoms with E-state index in [9.17, 15) is 0 Å². The van der Waals surface area contributed by atoms with Crippen molar-refractivity contribution in [2.75, 3.05) is 0 Å². The molecule has 10 aromatic rings. The molecule has 10 rings (SSSR count). The van der Waals surface area contributed by atoms with Crippen LogP contribution in [0.3, 0.4) is 0 Å². The fraction of sp³-hybridized carbons (Fsp3) is 0. The van der Waals surface area contributed by atoms with Gasteiger partial charge in [-0.25, -0.2) is 15.0 Å². The topological polar surface area (TPSA) is 38.7 Å². The van der Waals surface area contributed by atoms with Gasteiger partial charge in [0.1, 0.15) is 0 Å². The summed E-state index contributed by atoms with van der Waals surface area (Å²) in [6.07, 6.45) is 0. The summed E-state index contributed by atoms with van der Waals surface area (Å²) < 4.78 is 2.50.